The Bertz CT molecular complexity index is 571. The standard InChI is InChI=1S/C15H20N2O5/c1-15(2,7-6-12(18)19)17-14(20)16-10-4-3-5-11-13(10)22-9-8-21-11/h3-5H,6-9H2,1-2H3,(H,18,19)(H2,16,17,20). The number of para-hydroxylation sites is 1. The van der Waals surface area contributed by atoms with Gasteiger partial charge in [-0.05, 0) is 32.4 Å². The van der Waals surface area contributed by atoms with Crippen molar-refractivity contribution < 1.29 is 24.2 Å². The first-order valence-electron chi connectivity index (χ1n) is 7.07. The number of hydrogen-bond donors (Lipinski definition) is 3. The molecule has 0 aliphatic carbocycles. The number of carbonyl (C=O) groups excluding carboxylic acids is 1. The van der Waals surface area contributed by atoms with Gasteiger partial charge in [-0.3, -0.25) is 4.79 Å². The summed E-state index contributed by atoms with van der Waals surface area (Å²) in [6.45, 7) is 4.45. The molecule has 1 aromatic carbocycles. The van der Waals surface area contributed by atoms with E-state index in [-0.39, 0.29) is 6.42 Å². The molecule has 0 spiro atoms. The maximum atomic E-state index is 12.1. The summed E-state index contributed by atoms with van der Waals surface area (Å²) < 4.78 is 11.0. The van der Waals surface area contributed by atoms with Crippen molar-refractivity contribution in [2.75, 3.05) is 18.5 Å². The maximum absolute atomic E-state index is 12.1. The zero-order valence-electron chi connectivity index (χ0n) is 12.6. The zero-order valence-corrected chi connectivity index (χ0v) is 12.6. The van der Waals surface area contributed by atoms with Crippen LogP contribution in [0.5, 0.6) is 11.5 Å². The van der Waals surface area contributed by atoms with Gasteiger partial charge in [-0.1, -0.05) is 6.07 Å². The SMILES string of the molecule is CC(C)(CCC(=O)O)NC(=O)Nc1cccc2c1OCCO2. The summed E-state index contributed by atoms with van der Waals surface area (Å²) in [6.07, 6.45) is 0.327. The van der Waals surface area contributed by atoms with Crippen LogP contribution in [-0.4, -0.2) is 35.9 Å². The molecule has 1 aromatic rings. The monoisotopic (exact) mass is 308 g/mol. The molecule has 1 aliphatic rings. The molecule has 0 radical (unpaired) electrons. The molecule has 0 saturated heterocycles. The molecule has 120 valence electrons. The average Bonchev–Trinajstić information content (AvgIpc) is 2.45. The van der Waals surface area contributed by atoms with E-state index in [1.54, 1.807) is 32.0 Å². The lowest BCUT2D eigenvalue weighted by molar-refractivity contribution is -0.137. The summed E-state index contributed by atoms with van der Waals surface area (Å²) >= 11 is 0. The number of benzene rings is 1. The molecule has 7 heteroatoms. The molecule has 1 aliphatic heterocycles. The van der Waals surface area contributed by atoms with Crippen molar-refractivity contribution in [3.63, 3.8) is 0 Å². The molecule has 3 N–H and O–H groups in total. The van der Waals surface area contributed by atoms with Crippen molar-refractivity contribution >= 4 is 17.7 Å². The number of fused-ring (bicyclic) bond motifs is 1. The van der Waals surface area contributed by atoms with E-state index < -0.39 is 17.5 Å². The number of carbonyl (C=O) groups is 2. The Balaban J connectivity index is 1.99. The van der Waals surface area contributed by atoms with Gasteiger partial charge in [0.2, 0.25) is 0 Å². The van der Waals surface area contributed by atoms with Gasteiger partial charge in [-0.15, -0.1) is 0 Å². The van der Waals surface area contributed by atoms with Gasteiger partial charge >= 0.3 is 12.0 Å². The summed E-state index contributed by atoms with van der Waals surface area (Å²) in [5.74, 6) is 0.208. The second-order valence-electron chi connectivity index (χ2n) is 5.69. The first kappa shape index (κ1) is 15.9. The predicted octanol–water partition coefficient (Wildman–Crippen LogP) is 2.22. The topological polar surface area (TPSA) is 96.9 Å². The molecular formula is C15H20N2O5. The zero-order chi connectivity index (χ0) is 16.2. The number of ether oxygens (including phenoxy) is 2. The van der Waals surface area contributed by atoms with E-state index in [1.807, 2.05) is 0 Å². The van der Waals surface area contributed by atoms with Crippen LogP contribution in [0.4, 0.5) is 10.5 Å². The van der Waals surface area contributed by atoms with E-state index in [4.69, 9.17) is 14.6 Å². The Hall–Kier alpha value is -2.44. The van der Waals surface area contributed by atoms with E-state index in [0.717, 1.165) is 0 Å². The molecule has 0 aromatic heterocycles. The summed E-state index contributed by atoms with van der Waals surface area (Å²) in [5, 5.41) is 14.2. The Labute approximate surface area is 128 Å². The van der Waals surface area contributed by atoms with Crippen molar-refractivity contribution in [2.45, 2.75) is 32.2 Å². The number of amides is 2. The first-order valence-corrected chi connectivity index (χ1v) is 7.07. The highest BCUT2D eigenvalue weighted by molar-refractivity contribution is 5.92. The fraction of sp³-hybridized carbons (Fsp3) is 0.467. The molecule has 22 heavy (non-hydrogen) atoms. The van der Waals surface area contributed by atoms with Gasteiger partial charge in [0.25, 0.3) is 0 Å². The van der Waals surface area contributed by atoms with Gasteiger partial charge in [-0.2, -0.15) is 0 Å². The highest BCUT2D eigenvalue weighted by Crippen LogP contribution is 2.37. The highest BCUT2D eigenvalue weighted by atomic mass is 16.6. The second-order valence-corrected chi connectivity index (χ2v) is 5.69. The van der Waals surface area contributed by atoms with E-state index in [9.17, 15) is 9.59 Å². The van der Waals surface area contributed by atoms with Crippen LogP contribution in [0.25, 0.3) is 0 Å². The summed E-state index contributed by atoms with van der Waals surface area (Å²) in [5.41, 5.74) is -0.113. The van der Waals surface area contributed by atoms with Crippen molar-refractivity contribution in [3.05, 3.63) is 18.2 Å². The van der Waals surface area contributed by atoms with Crippen LogP contribution in [0.2, 0.25) is 0 Å². The normalized spacial score (nSPS) is 13.4. The van der Waals surface area contributed by atoms with Gasteiger partial charge in [0.15, 0.2) is 11.5 Å². The minimum absolute atomic E-state index is 0.00896. The Morgan fingerprint density at radius 1 is 1.27 bits per heavy atom. The average molecular weight is 308 g/mol. The molecule has 0 unspecified atom stereocenters. The lowest BCUT2D eigenvalue weighted by atomic mass is 9.99. The molecule has 2 amide bonds. The van der Waals surface area contributed by atoms with Gasteiger partial charge in [0.05, 0.1) is 5.69 Å². The lowest BCUT2D eigenvalue weighted by Gasteiger charge is -2.26. The molecule has 0 atom stereocenters. The third-order valence-electron chi connectivity index (χ3n) is 3.23. The van der Waals surface area contributed by atoms with Crippen LogP contribution in [0, 0.1) is 0 Å². The molecule has 2 rings (SSSR count). The molecule has 7 nitrogen and oxygen atoms in total. The van der Waals surface area contributed by atoms with Crippen LogP contribution in [-0.2, 0) is 4.79 Å². The number of urea groups is 1. The number of carboxylic acids is 1. The van der Waals surface area contributed by atoms with Gasteiger partial charge in [0.1, 0.15) is 13.2 Å². The Kier molecular flexibility index (Phi) is 4.75. The largest absolute Gasteiger partial charge is 0.486 e. The molecule has 1 heterocycles. The van der Waals surface area contributed by atoms with Gasteiger partial charge in [0, 0.05) is 12.0 Å². The molecule has 0 bridgehead atoms. The van der Waals surface area contributed by atoms with Gasteiger partial charge in [-0.25, -0.2) is 4.79 Å². The Morgan fingerprint density at radius 2 is 2.00 bits per heavy atom. The molecule has 0 saturated carbocycles. The maximum Gasteiger partial charge on any atom is 0.319 e. The summed E-state index contributed by atoms with van der Waals surface area (Å²) in [7, 11) is 0. The van der Waals surface area contributed by atoms with Crippen molar-refractivity contribution in [1.29, 1.82) is 0 Å². The van der Waals surface area contributed by atoms with Crippen LogP contribution in [0.1, 0.15) is 26.7 Å². The van der Waals surface area contributed by atoms with Crippen molar-refractivity contribution in [2.24, 2.45) is 0 Å². The van der Waals surface area contributed by atoms with Crippen molar-refractivity contribution in [3.8, 4) is 11.5 Å². The number of hydrogen-bond acceptors (Lipinski definition) is 4. The number of carboxylic acid groups (broad SMARTS) is 1. The number of aliphatic carboxylic acids is 1. The minimum atomic E-state index is -0.891. The van der Waals surface area contributed by atoms with Crippen LogP contribution in [0.15, 0.2) is 18.2 Å². The molecular weight excluding hydrogens is 288 g/mol. The van der Waals surface area contributed by atoms with E-state index >= 15 is 0 Å². The quantitative estimate of drug-likeness (QED) is 0.775. The highest BCUT2D eigenvalue weighted by Gasteiger charge is 2.23. The number of rotatable bonds is 5. The van der Waals surface area contributed by atoms with Crippen LogP contribution in [0.3, 0.4) is 0 Å². The Morgan fingerprint density at radius 3 is 2.73 bits per heavy atom. The summed E-state index contributed by atoms with van der Waals surface area (Å²) in [6, 6.07) is 4.84. The first-order chi connectivity index (χ1) is 10.4. The van der Waals surface area contributed by atoms with Crippen LogP contribution < -0.4 is 20.1 Å². The minimum Gasteiger partial charge on any atom is -0.486 e. The summed E-state index contributed by atoms with van der Waals surface area (Å²) in [4.78, 5) is 22.7. The smallest absolute Gasteiger partial charge is 0.319 e. The fourth-order valence-electron chi connectivity index (χ4n) is 2.11. The third kappa shape index (κ3) is 4.28. The van der Waals surface area contributed by atoms with E-state index in [0.29, 0.717) is 36.8 Å². The van der Waals surface area contributed by atoms with Crippen LogP contribution >= 0.6 is 0 Å². The van der Waals surface area contributed by atoms with E-state index in [1.165, 1.54) is 0 Å². The molecule has 0 fully saturated rings. The third-order valence-corrected chi connectivity index (χ3v) is 3.23. The number of nitrogens with one attached hydrogen (secondary N) is 2. The van der Waals surface area contributed by atoms with Crippen molar-refractivity contribution in [1.82, 2.24) is 5.32 Å². The second kappa shape index (κ2) is 6.55. The fourth-order valence-corrected chi connectivity index (χ4v) is 2.11. The lowest BCUT2D eigenvalue weighted by Crippen LogP contribution is -2.45. The number of anilines is 1. The predicted molar refractivity (Wildman–Crippen MR) is 80.5 cm³/mol. The van der Waals surface area contributed by atoms with Gasteiger partial charge < -0.3 is 25.2 Å². The van der Waals surface area contributed by atoms with E-state index in [2.05, 4.69) is 10.6 Å².